The highest BCUT2D eigenvalue weighted by molar-refractivity contribution is 7.80. The summed E-state index contributed by atoms with van der Waals surface area (Å²) in [6.07, 6.45) is 0. The summed E-state index contributed by atoms with van der Waals surface area (Å²) in [7, 11) is 0. The summed E-state index contributed by atoms with van der Waals surface area (Å²) in [4.78, 5) is 0. The van der Waals surface area contributed by atoms with Crippen LogP contribution in [0.15, 0.2) is 24.3 Å². The summed E-state index contributed by atoms with van der Waals surface area (Å²) in [6.45, 7) is 6.52. The van der Waals surface area contributed by atoms with Gasteiger partial charge in [-0.1, -0.05) is 32.9 Å². The zero-order valence-electron chi connectivity index (χ0n) is 8.79. The molecular formula is C11H16N2S. The monoisotopic (exact) mass is 208 g/mol. The SMILES string of the molecule is CC(C)(C)c1cccc(NC(N)=S)c1. The Labute approximate surface area is 90.5 Å². The van der Waals surface area contributed by atoms with Gasteiger partial charge in [0.15, 0.2) is 5.11 Å². The van der Waals surface area contributed by atoms with E-state index in [-0.39, 0.29) is 5.41 Å². The van der Waals surface area contributed by atoms with E-state index in [9.17, 15) is 0 Å². The second-order valence-electron chi connectivity index (χ2n) is 4.32. The fourth-order valence-corrected chi connectivity index (χ4v) is 1.32. The van der Waals surface area contributed by atoms with Crippen LogP contribution in [0.2, 0.25) is 0 Å². The maximum atomic E-state index is 5.40. The van der Waals surface area contributed by atoms with Gasteiger partial charge >= 0.3 is 0 Å². The Morgan fingerprint density at radius 3 is 2.50 bits per heavy atom. The van der Waals surface area contributed by atoms with Crippen molar-refractivity contribution in [2.24, 2.45) is 5.73 Å². The van der Waals surface area contributed by atoms with E-state index in [1.807, 2.05) is 12.1 Å². The van der Waals surface area contributed by atoms with Crippen LogP contribution in [0.3, 0.4) is 0 Å². The molecule has 1 aromatic carbocycles. The van der Waals surface area contributed by atoms with Gasteiger partial charge in [0.25, 0.3) is 0 Å². The Kier molecular flexibility index (Phi) is 3.11. The van der Waals surface area contributed by atoms with E-state index in [1.165, 1.54) is 5.56 Å². The first-order valence-corrected chi connectivity index (χ1v) is 4.97. The number of hydrogen-bond donors (Lipinski definition) is 2. The minimum absolute atomic E-state index is 0.147. The van der Waals surface area contributed by atoms with Crippen molar-refractivity contribution in [1.82, 2.24) is 0 Å². The van der Waals surface area contributed by atoms with E-state index in [0.29, 0.717) is 5.11 Å². The van der Waals surface area contributed by atoms with Crippen molar-refractivity contribution in [1.29, 1.82) is 0 Å². The van der Waals surface area contributed by atoms with E-state index in [4.69, 9.17) is 18.0 Å². The lowest BCUT2D eigenvalue weighted by molar-refractivity contribution is 0.590. The van der Waals surface area contributed by atoms with Gasteiger partial charge in [-0.2, -0.15) is 0 Å². The van der Waals surface area contributed by atoms with Crippen molar-refractivity contribution >= 4 is 23.0 Å². The van der Waals surface area contributed by atoms with E-state index in [1.54, 1.807) is 0 Å². The van der Waals surface area contributed by atoms with Crippen LogP contribution in [-0.4, -0.2) is 5.11 Å². The lowest BCUT2D eigenvalue weighted by Gasteiger charge is -2.19. The molecular weight excluding hydrogens is 192 g/mol. The van der Waals surface area contributed by atoms with Crippen LogP contribution in [-0.2, 0) is 5.41 Å². The number of thiocarbonyl (C=S) groups is 1. The quantitative estimate of drug-likeness (QED) is 0.697. The molecule has 2 nitrogen and oxygen atoms in total. The first kappa shape index (κ1) is 11.0. The van der Waals surface area contributed by atoms with Gasteiger partial charge in [0.1, 0.15) is 0 Å². The van der Waals surface area contributed by atoms with Crippen molar-refractivity contribution in [3.8, 4) is 0 Å². The Bertz CT molecular complexity index is 339. The highest BCUT2D eigenvalue weighted by atomic mass is 32.1. The molecule has 0 aliphatic heterocycles. The third kappa shape index (κ3) is 3.00. The Balaban J connectivity index is 2.95. The molecule has 0 amide bonds. The molecule has 3 heteroatoms. The molecule has 0 aliphatic rings. The summed E-state index contributed by atoms with van der Waals surface area (Å²) in [5.41, 5.74) is 7.76. The minimum Gasteiger partial charge on any atom is -0.376 e. The molecule has 0 heterocycles. The van der Waals surface area contributed by atoms with Crippen LogP contribution < -0.4 is 11.1 Å². The van der Waals surface area contributed by atoms with Crippen LogP contribution >= 0.6 is 12.2 Å². The zero-order valence-corrected chi connectivity index (χ0v) is 9.61. The Morgan fingerprint density at radius 2 is 2.00 bits per heavy atom. The van der Waals surface area contributed by atoms with E-state index >= 15 is 0 Å². The highest BCUT2D eigenvalue weighted by Gasteiger charge is 2.13. The number of rotatable bonds is 1. The normalized spacial score (nSPS) is 11.1. The molecule has 0 radical (unpaired) electrons. The van der Waals surface area contributed by atoms with Crippen LogP contribution in [0.4, 0.5) is 5.69 Å². The molecule has 0 spiro atoms. The molecule has 0 fully saturated rings. The number of benzene rings is 1. The predicted octanol–water partition coefficient (Wildman–Crippen LogP) is 2.64. The first-order valence-electron chi connectivity index (χ1n) is 4.56. The van der Waals surface area contributed by atoms with Gasteiger partial charge in [0.2, 0.25) is 0 Å². The van der Waals surface area contributed by atoms with Crippen molar-refractivity contribution in [3.05, 3.63) is 29.8 Å². The second kappa shape index (κ2) is 3.96. The smallest absolute Gasteiger partial charge is 0.168 e. The Morgan fingerprint density at radius 1 is 1.36 bits per heavy atom. The molecule has 14 heavy (non-hydrogen) atoms. The highest BCUT2D eigenvalue weighted by Crippen LogP contribution is 2.24. The topological polar surface area (TPSA) is 38.0 Å². The number of nitrogens with two attached hydrogens (primary N) is 1. The molecule has 0 saturated carbocycles. The molecule has 0 aromatic heterocycles. The van der Waals surface area contributed by atoms with Crippen LogP contribution in [0.1, 0.15) is 26.3 Å². The van der Waals surface area contributed by atoms with Crippen molar-refractivity contribution in [3.63, 3.8) is 0 Å². The fraction of sp³-hybridized carbons (Fsp3) is 0.364. The van der Waals surface area contributed by atoms with Crippen molar-refractivity contribution < 1.29 is 0 Å². The fourth-order valence-electron chi connectivity index (χ4n) is 1.21. The van der Waals surface area contributed by atoms with Crippen LogP contribution in [0.25, 0.3) is 0 Å². The number of anilines is 1. The van der Waals surface area contributed by atoms with E-state index in [2.05, 4.69) is 38.2 Å². The van der Waals surface area contributed by atoms with Gasteiger partial charge in [0.05, 0.1) is 0 Å². The molecule has 1 rings (SSSR count). The number of nitrogens with one attached hydrogen (secondary N) is 1. The molecule has 0 saturated heterocycles. The summed E-state index contributed by atoms with van der Waals surface area (Å²) in [5.74, 6) is 0. The van der Waals surface area contributed by atoms with Crippen LogP contribution in [0, 0.1) is 0 Å². The molecule has 0 atom stereocenters. The van der Waals surface area contributed by atoms with Gasteiger partial charge in [-0.05, 0) is 35.3 Å². The molecule has 76 valence electrons. The summed E-state index contributed by atoms with van der Waals surface area (Å²) in [6, 6.07) is 8.12. The standard InChI is InChI=1S/C11H16N2S/c1-11(2,3)8-5-4-6-9(7-8)13-10(12)14/h4-7H,1-3H3,(H3,12,13,14). The summed E-state index contributed by atoms with van der Waals surface area (Å²) >= 11 is 4.78. The molecule has 3 N–H and O–H groups in total. The second-order valence-corrected chi connectivity index (χ2v) is 4.76. The largest absolute Gasteiger partial charge is 0.376 e. The minimum atomic E-state index is 0.147. The third-order valence-corrected chi connectivity index (χ3v) is 2.10. The van der Waals surface area contributed by atoms with E-state index in [0.717, 1.165) is 5.69 Å². The van der Waals surface area contributed by atoms with Crippen molar-refractivity contribution in [2.75, 3.05) is 5.32 Å². The van der Waals surface area contributed by atoms with Crippen molar-refractivity contribution in [2.45, 2.75) is 26.2 Å². The maximum absolute atomic E-state index is 5.40. The molecule has 0 unspecified atom stereocenters. The number of hydrogen-bond acceptors (Lipinski definition) is 1. The van der Waals surface area contributed by atoms with E-state index < -0.39 is 0 Å². The Hall–Kier alpha value is -1.09. The maximum Gasteiger partial charge on any atom is 0.168 e. The van der Waals surface area contributed by atoms with Crippen LogP contribution in [0.5, 0.6) is 0 Å². The lowest BCUT2D eigenvalue weighted by atomic mass is 9.87. The summed E-state index contributed by atoms with van der Waals surface area (Å²) < 4.78 is 0. The average molecular weight is 208 g/mol. The molecule has 0 bridgehead atoms. The zero-order chi connectivity index (χ0) is 10.8. The first-order chi connectivity index (χ1) is 6.39. The van der Waals surface area contributed by atoms with Gasteiger partial charge < -0.3 is 11.1 Å². The van der Waals surface area contributed by atoms with Gasteiger partial charge in [0, 0.05) is 5.69 Å². The predicted molar refractivity (Wildman–Crippen MR) is 65.6 cm³/mol. The van der Waals surface area contributed by atoms with Gasteiger partial charge in [-0.25, -0.2) is 0 Å². The molecule has 0 aliphatic carbocycles. The average Bonchev–Trinajstić information content (AvgIpc) is 2.01. The summed E-state index contributed by atoms with van der Waals surface area (Å²) in [5, 5.41) is 3.23. The lowest BCUT2D eigenvalue weighted by Crippen LogP contribution is -2.19. The molecule has 1 aromatic rings. The van der Waals surface area contributed by atoms with Gasteiger partial charge in [-0.3, -0.25) is 0 Å². The third-order valence-electron chi connectivity index (χ3n) is 2.00. The van der Waals surface area contributed by atoms with Gasteiger partial charge in [-0.15, -0.1) is 0 Å².